The van der Waals surface area contributed by atoms with Gasteiger partial charge < -0.3 is 30.8 Å². The van der Waals surface area contributed by atoms with Gasteiger partial charge in [0.05, 0.1) is 11.5 Å². The van der Waals surface area contributed by atoms with Gasteiger partial charge in [0.25, 0.3) is 11.8 Å². The number of nitrogens with two attached hydrogens (primary N) is 1. The Bertz CT molecular complexity index is 851. The van der Waals surface area contributed by atoms with Crippen LogP contribution >= 0.6 is 0 Å². The number of imidazole rings is 1. The van der Waals surface area contributed by atoms with Gasteiger partial charge in [0.1, 0.15) is 5.69 Å². The first-order valence-corrected chi connectivity index (χ1v) is 7.64. The molecule has 0 aromatic carbocycles. The Morgan fingerprint density at radius 2 is 2.00 bits per heavy atom. The topological polar surface area (TPSA) is 160 Å². The van der Waals surface area contributed by atoms with Gasteiger partial charge >= 0.3 is 0 Å². The van der Waals surface area contributed by atoms with Crippen LogP contribution in [0, 0.1) is 5.41 Å². The van der Waals surface area contributed by atoms with Crippen LogP contribution < -0.4 is 21.7 Å². The van der Waals surface area contributed by atoms with Crippen LogP contribution in [0.4, 0.5) is 11.5 Å². The van der Waals surface area contributed by atoms with Crippen LogP contribution in [-0.2, 0) is 18.9 Å². The van der Waals surface area contributed by atoms with Crippen LogP contribution in [0.3, 0.4) is 0 Å². The number of nitrogens with one attached hydrogen (secondary N) is 4. The van der Waals surface area contributed by atoms with Crippen molar-refractivity contribution in [3.05, 3.63) is 30.0 Å². The molecule has 3 amide bonds. The number of nitrogens with zero attached hydrogens (tertiary/aromatic N) is 3. The first-order valence-electron chi connectivity index (χ1n) is 7.64. The van der Waals surface area contributed by atoms with Gasteiger partial charge in [0.2, 0.25) is 12.2 Å². The number of hydrogen-bond donors (Lipinski definition) is 5. The molecule has 26 heavy (non-hydrogen) atoms. The maximum atomic E-state index is 12.3. The highest BCUT2D eigenvalue weighted by Gasteiger charge is 2.17. The highest BCUT2D eigenvalue weighted by Crippen LogP contribution is 2.15. The van der Waals surface area contributed by atoms with Crippen molar-refractivity contribution in [3.8, 4) is 0 Å². The van der Waals surface area contributed by atoms with E-state index in [2.05, 4.69) is 20.9 Å². The zero-order valence-corrected chi connectivity index (χ0v) is 14.4. The second kappa shape index (κ2) is 7.96. The minimum absolute atomic E-state index is 0.0105. The number of carbonyl (C=O) groups excluding carboxylic acids is 3. The molecule has 2 rings (SSSR count). The van der Waals surface area contributed by atoms with E-state index in [0.717, 1.165) is 0 Å². The second-order valence-electron chi connectivity index (χ2n) is 5.53. The van der Waals surface area contributed by atoms with Gasteiger partial charge in [0, 0.05) is 39.5 Å². The number of amides is 3. The molecule has 138 valence electrons. The smallest absolute Gasteiger partial charge is 0.291 e. The molecule has 0 aliphatic heterocycles. The largest absolute Gasteiger partial charge is 0.388 e. The first kappa shape index (κ1) is 18.7. The summed E-state index contributed by atoms with van der Waals surface area (Å²) in [6.45, 7) is 0.251. The molecule has 6 N–H and O–H groups in total. The minimum Gasteiger partial charge on any atom is -0.388 e. The van der Waals surface area contributed by atoms with Crippen molar-refractivity contribution < 1.29 is 14.4 Å². The quantitative estimate of drug-likeness (QED) is 0.246. The highest BCUT2D eigenvalue weighted by atomic mass is 16.2. The molecule has 0 aliphatic carbocycles. The first-order chi connectivity index (χ1) is 12.3. The van der Waals surface area contributed by atoms with E-state index in [9.17, 15) is 14.4 Å². The Balaban J connectivity index is 2.06. The second-order valence-corrected chi connectivity index (χ2v) is 5.53. The molecule has 0 saturated heterocycles. The van der Waals surface area contributed by atoms with E-state index in [1.165, 1.54) is 16.8 Å². The average molecular weight is 360 g/mol. The Kier molecular flexibility index (Phi) is 5.73. The van der Waals surface area contributed by atoms with Crippen molar-refractivity contribution in [2.24, 2.45) is 19.8 Å². The van der Waals surface area contributed by atoms with Gasteiger partial charge in [-0.05, 0) is 6.07 Å². The van der Waals surface area contributed by atoms with Crippen molar-refractivity contribution in [2.75, 3.05) is 17.2 Å². The van der Waals surface area contributed by atoms with Crippen molar-refractivity contribution in [1.29, 1.82) is 5.41 Å². The molecular weight excluding hydrogens is 340 g/mol. The van der Waals surface area contributed by atoms with Gasteiger partial charge in [-0.25, -0.2) is 4.98 Å². The van der Waals surface area contributed by atoms with E-state index >= 15 is 0 Å². The number of aryl methyl sites for hydroxylation is 2. The lowest BCUT2D eigenvalue weighted by Crippen LogP contribution is -2.28. The standard InChI is InChI=1S/C15H20N8O3/c1-22-6-9(5-10(22)14(25)18-4-3-11(16)17)20-15(26)13-21-12(19-8-24)7-23(13)2/h5-8H,3-4H2,1-2H3,(H3,16,17)(H,18,25)(H,19,24)(H,20,26). The third-order valence-corrected chi connectivity index (χ3v) is 3.46. The summed E-state index contributed by atoms with van der Waals surface area (Å²) in [5.74, 6) is -0.482. The highest BCUT2D eigenvalue weighted by molar-refractivity contribution is 6.03. The van der Waals surface area contributed by atoms with Crippen LogP contribution in [0.1, 0.15) is 27.5 Å². The number of aromatic nitrogens is 3. The normalized spacial score (nSPS) is 10.2. The van der Waals surface area contributed by atoms with Crippen molar-refractivity contribution in [3.63, 3.8) is 0 Å². The summed E-state index contributed by atoms with van der Waals surface area (Å²) in [7, 11) is 3.29. The van der Waals surface area contributed by atoms with Crippen LogP contribution in [-0.4, -0.2) is 44.7 Å². The summed E-state index contributed by atoms with van der Waals surface area (Å²) in [6.07, 6.45) is 3.82. The lowest BCUT2D eigenvalue weighted by atomic mass is 10.3. The van der Waals surface area contributed by atoms with E-state index in [-0.39, 0.29) is 36.4 Å². The molecule has 0 fully saturated rings. The predicted octanol–water partition coefficient (Wildman–Crippen LogP) is -0.365. The van der Waals surface area contributed by atoms with E-state index in [1.807, 2.05) is 0 Å². The number of anilines is 2. The molecule has 0 atom stereocenters. The third-order valence-electron chi connectivity index (χ3n) is 3.46. The molecule has 11 nitrogen and oxygen atoms in total. The third kappa shape index (κ3) is 4.47. The molecule has 0 aliphatic rings. The lowest BCUT2D eigenvalue weighted by molar-refractivity contribution is -0.105. The molecule has 0 spiro atoms. The fourth-order valence-corrected chi connectivity index (χ4v) is 2.25. The summed E-state index contributed by atoms with van der Waals surface area (Å²) >= 11 is 0. The van der Waals surface area contributed by atoms with Crippen LogP contribution in [0.15, 0.2) is 18.5 Å². The van der Waals surface area contributed by atoms with E-state index in [1.54, 1.807) is 24.9 Å². The maximum absolute atomic E-state index is 12.3. The molecule has 0 radical (unpaired) electrons. The lowest BCUT2D eigenvalue weighted by Gasteiger charge is -2.04. The zero-order valence-electron chi connectivity index (χ0n) is 14.4. The molecular formula is C15H20N8O3. The van der Waals surface area contributed by atoms with E-state index in [4.69, 9.17) is 11.1 Å². The molecule has 0 unspecified atom stereocenters. The Morgan fingerprint density at radius 1 is 1.27 bits per heavy atom. The molecule has 11 heteroatoms. The van der Waals surface area contributed by atoms with Gasteiger partial charge in [-0.1, -0.05) is 0 Å². The number of amidine groups is 1. The summed E-state index contributed by atoms with van der Waals surface area (Å²) in [5, 5.41) is 14.8. The van der Waals surface area contributed by atoms with E-state index in [0.29, 0.717) is 17.8 Å². The summed E-state index contributed by atoms with van der Waals surface area (Å²) in [6, 6.07) is 1.52. The number of hydrogen-bond acceptors (Lipinski definition) is 5. The minimum atomic E-state index is -0.486. The molecule has 0 saturated carbocycles. The van der Waals surface area contributed by atoms with Gasteiger partial charge in [-0.3, -0.25) is 19.8 Å². The fourth-order valence-electron chi connectivity index (χ4n) is 2.25. The maximum Gasteiger partial charge on any atom is 0.291 e. The summed E-state index contributed by atoms with van der Waals surface area (Å²) < 4.78 is 3.04. The average Bonchev–Trinajstić information content (AvgIpc) is 3.10. The predicted molar refractivity (Wildman–Crippen MR) is 95.1 cm³/mol. The van der Waals surface area contributed by atoms with Crippen LogP contribution in [0.5, 0.6) is 0 Å². The fraction of sp³-hybridized carbons (Fsp3) is 0.267. The molecule has 2 aromatic rings. The molecule has 2 heterocycles. The zero-order chi connectivity index (χ0) is 19.3. The number of rotatable bonds is 8. The number of carbonyl (C=O) groups is 3. The SMILES string of the molecule is Cn1cc(NC(=O)c2nc(NC=O)cn2C)cc1C(=O)NCCC(=N)N. The summed E-state index contributed by atoms with van der Waals surface area (Å²) in [5.41, 5.74) is 6.00. The molecule has 2 aromatic heterocycles. The van der Waals surface area contributed by atoms with Crippen molar-refractivity contribution in [1.82, 2.24) is 19.4 Å². The Morgan fingerprint density at radius 3 is 2.65 bits per heavy atom. The summed E-state index contributed by atoms with van der Waals surface area (Å²) in [4.78, 5) is 38.9. The monoisotopic (exact) mass is 360 g/mol. The Hall–Kier alpha value is -3.63. The van der Waals surface area contributed by atoms with Crippen LogP contribution in [0.2, 0.25) is 0 Å². The van der Waals surface area contributed by atoms with E-state index < -0.39 is 5.91 Å². The van der Waals surface area contributed by atoms with Crippen molar-refractivity contribution in [2.45, 2.75) is 6.42 Å². The van der Waals surface area contributed by atoms with Crippen molar-refractivity contribution >= 4 is 35.6 Å². The Labute approximate surface area is 149 Å². The van der Waals surface area contributed by atoms with Gasteiger partial charge in [-0.15, -0.1) is 0 Å². The van der Waals surface area contributed by atoms with Gasteiger partial charge in [0.15, 0.2) is 5.82 Å². The van der Waals surface area contributed by atoms with Crippen LogP contribution in [0.25, 0.3) is 0 Å². The molecule has 0 bridgehead atoms. The van der Waals surface area contributed by atoms with Gasteiger partial charge in [-0.2, -0.15) is 0 Å².